The van der Waals surface area contributed by atoms with E-state index in [-0.39, 0.29) is 17.0 Å². The molecule has 3 atom stereocenters. The molecule has 0 radical (unpaired) electrons. The van der Waals surface area contributed by atoms with Gasteiger partial charge in [-0.3, -0.25) is 0 Å². The van der Waals surface area contributed by atoms with Crippen LogP contribution in [-0.2, 0) is 18.3 Å². The molecule has 2 saturated carbocycles. The molecule has 0 nitrogen and oxygen atoms in total. The van der Waals surface area contributed by atoms with Gasteiger partial charge >= 0.3 is 60.3 Å². The van der Waals surface area contributed by atoms with Crippen LogP contribution < -0.4 is 17.0 Å². The van der Waals surface area contributed by atoms with E-state index in [2.05, 4.69) is 0 Å². The van der Waals surface area contributed by atoms with Crippen LogP contribution in [0, 0.1) is 11.8 Å². The quantitative estimate of drug-likeness (QED) is 0.484. The van der Waals surface area contributed by atoms with Crippen LogP contribution in [0.4, 0.5) is 0 Å². The zero-order valence-electron chi connectivity index (χ0n) is 5.65. The molecular formula is C7H11BrZn. The summed E-state index contributed by atoms with van der Waals surface area (Å²) >= 11 is 1.57. The van der Waals surface area contributed by atoms with Crippen molar-refractivity contribution in [2.75, 3.05) is 0 Å². The van der Waals surface area contributed by atoms with Crippen molar-refractivity contribution in [2.24, 2.45) is 11.8 Å². The Labute approximate surface area is 77.2 Å². The first kappa shape index (κ1) is 8.20. The monoisotopic (exact) mass is 238 g/mol. The molecular weight excluding hydrogens is 229 g/mol. The van der Waals surface area contributed by atoms with Gasteiger partial charge in [-0.1, -0.05) is 0 Å². The van der Waals surface area contributed by atoms with Gasteiger partial charge in [0.1, 0.15) is 0 Å². The van der Waals surface area contributed by atoms with Crippen LogP contribution in [0.2, 0.25) is 4.51 Å². The van der Waals surface area contributed by atoms with Gasteiger partial charge in [-0.15, -0.1) is 0 Å². The zero-order chi connectivity index (χ0) is 5.56. The van der Waals surface area contributed by atoms with Crippen LogP contribution in [0.15, 0.2) is 0 Å². The van der Waals surface area contributed by atoms with E-state index in [0.29, 0.717) is 0 Å². The zero-order valence-corrected chi connectivity index (χ0v) is 10.2. The van der Waals surface area contributed by atoms with Gasteiger partial charge in [0, 0.05) is 0 Å². The second-order valence-corrected chi connectivity index (χ2v) is 5.64. The van der Waals surface area contributed by atoms with E-state index in [1.807, 2.05) is 0 Å². The minimum absolute atomic E-state index is 0. The molecule has 0 aliphatic heterocycles. The van der Waals surface area contributed by atoms with Gasteiger partial charge in [0.15, 0.2) is 0 Å². The Hall–Kier alpha value is 1.10. The van der Waals surface area contributed by atoms with Gasteiger partial charge in [-0.25, -0.2) is 0 Å². The van der Waals surface area contributed by atoms with Crippen molar-refractivity contribution in [1.82, 2.24) is 0 Å². The topological polar surface area (TPSA) is 0 Å². The maximum absolute atomic E-state index is 1.60. The molecule has 0 spiro atoms. The SMILES string of the molecule is [Br-].[Zn+][CH]1C[C@@H]2CC[C@H]1C2. The van der Waals surface area contributed by atoms with Crippen LogP contribution in [0.1, 0.15) is 25.7 Å². The third-order valence-electron chi connectivity index (χ3n) is 2.88. The van der Waals surface area contributed by atoms with Crippen LogP contribution in [0.3, 0.4) is 0 Å². The summed E-state index contributed by atoms with van der Waals surface area (Å²) < 4.78 is 1.20. The summed E-state index contributed by atoms with van der Waals surface area (Å²) in [6.07, 6.45) is 6.35. The molecule has 1 unspecified atom stereocenters. The Morgan fingerprint density at radius 2 is 1.89 bits per heavy atom. The second kappa shape index (κ2) is 3.01. The molecule has 0 aromatic carbocycles. The standard InChI is InChI=1S/C7H11.BrH.Zn/c1-2-7-4-3-6(1)5-7;;/h1,6-7H,2-5H2;1H;/q;;+1/p-1/t6-,7+;;/m0../s1. The number of rotatable bonds is 0. The summed E-state index contributed by atoms with van der Waals surface area (Å²) in [6, 6.07) is 0. The number of hydrogen-bond acceptors (Lipinski definition) is 0. The third kappa shape index (κ3) is 1.40. The average molecular weight is 240 g/mol. The predicted octanol–water partition coefficient (Wildman–Crippen LogP) is -0.854. The van der Waals surface area contributed by atoms with Crippen molar-refractivity contribution in [3.05, 3.63) is 0 Å². The van der Waals surface area contributed by atoms with E-state index in [1.54, 1.807) is 44.0 Å². The van der Waals surface area contributed by atoms with Gasteiger partial charge in [-0.2, -0.15) is 0 Å². The van der Waals surface area contributed by atoms with E-state index in [9.17, 15) is 0 Å². The van der Waals surface area contributed by atoms with Gasteiger partial charge in [0.2, 0.25) is 0 Å². The Bertz CT molecular complexity index is 103. The fourth-order valence-corrected chi connectivity index (χ4v) is 4.26. The summed E-state index contributed by atoms with van der Waals surface area (Å²) in [5.74, 6) is 2.37. The Balaban J connectivity index is 0.000000405. The summed E-state index contributed by atoms with van der Waals surface area (Å²) in [5, 5.41) is 0. The first-order chi connectivity index (χ1) is 3.86. The fraction of sp³-hybridized carbons (Fsp3) is 1.00. The second-order valence-electron chi connectivity index (χ2n) is 3.43. The molecule has 0 saturated heterocycles. The van der Waals surface area contributed by atoms with Crippen molar-refractivity contribution >= 4 is 0 Å². The predicted molar refractivity (Wildman–Crippen MR) is 29.2 cm³/mol. The van der Waals surface area contributed by atoms with Crippen LogP contribution in [0.25, 0.3) is 0 Å². The fourth-order valence-electron chi connectivity index (χ4n) is 2.38. The molecule has 0 amide bonds. The van der Waals surface area contributed by atoms with Crippen LogP contribution in [0.5, 0.6) is 0 Å². The van der Waals surface area contributed by atoms with Gasteiger partial charge < -0.3 is 17.0 Å². The first-order valence-electron chi connectivity index (χ1n) is 3.69. The normalized spacial score (nSPS) is 47.1. The summed E-state index contributed by atoms with van der Waals surface area (Å²) in [4.78, 5) is 0. The molecule has 0 aromatic heterocycles. The molecule has 2 aliphatic rings. The Kier molecular flexibility index (Phi) is 2.74. The molecule has 2 aliphatic carbocycles. The van der Waals surface area contributed by atoms with E-state index < -0.39 is 0 Å². The summed E-state index contributed by atoms with van der Waals surface area (Å²) in [7, 11) is 0. The van der Waals surface area contributed by atoms with Crippen molar-refractivity contribution in [3.8, 4) is 0 Å². The number of fused-ring (bicyclic) bond motifs is 2. The molecule has 0 heterocycles. The molecule has 2 rings (SSSR count). The average Bonchev–Trinajstić information content (AvgIpc) is 2.23. The maximum atomic E-state index is 1.60. The molecule has 0 N–H and O–H groups in total. The van der Waals surface area contributed by atoms with Gasteiger partial charge in [0.25, 0.3) is 0 Å². The summed E-state index contributed by atoms with van der Waals surface area (Å²) in [6.45, 7) is 0. The van der Waals surface area contributed by atoms with Gasteiger partial charge in [0.05, 0.1) is 0 Å². The van der Waals surface area contributed by atoms with E-state index in [1.165, 1.54) is 16.3 Å². The first-order valence-corrected chi connectivity index (χ1v) is 5.40. The minimum atomic E-state index is 0. The van der Waals surface area contributed by atoms with Crippen molar-refractivity contribution in [1.29, 1.82) is 0 Å². The number of halogens is 1. The van der Waals surface area contributed by atoms with Crippen molar-refractivity contribution in [2.45, 2.75) is 30.2 Å². The molecule has 0 aromatic rings. The van der Waals surface area contributed by atoms with Crippen LogP contribution >= 0.6 is 0 Å². The van der Waals surface area contributed by atoms with E-state index in [4.69, 9.17) is 0 Å². The summed E-state index contributed by atoms with van der Waals surface area (Å²) in [5.41, 5.74) is 0. The van der Waals surface area contributed by atoms with Crippen molar-refractivity contribution in [3.63, 3.8) is 0 Å². The van der Waals surface area contributed by atoms with Crippen molar-refractivity contribution < 1.29 is 35.3 Å². The Morgan fingerprint density at radius 3 is 2.11 bits per heavy atom. The molecule has 48 valence electrons. The molecule has 2 heteroatoms. The third-order valence-corrected chi connectivity index (χ3v) is 4.98. The van der Waals surface area contributed by atoms with Crippen LogP contribution in [-0.4, -0.2) is 0 Å². The number of hydrogen-bond donors (Lipinski definition) is 0. The van der Waals surface area contributed by atoms with E-state index >= 15 is 0 Å². The van der Waals surface area contributed by atoms with Gasteiger partial charge in [-0.05, 0) is 0 Å². The molecule has 2 bridgehead atoms. The Morgan fingerprint density at radius 1 is 1.11 bits per heavy atom. The molecule has 2 fully saturated rings. The molecule has 9 heavy (non-hydrogen) atoms. The van der Waals surface area contributed by atoms with E-state index in [0.717, 1.165) is 0 Å².